The topological polar surface area (TPSA) is 70.0 Å². The van der Waals surface area contributed by atoms with Gasteiger partial charge in [-0.1, -0.05) is 0 Å². The zero-order valence-electron chi connectivity index (χ0n) is 13.8. The molecule has 1 fully saturated rings. The SMILES string of the molecule is Cc1cc(C[C@@H]2CN(Cc3nc(C)c(C)n3C)C[C@@H]2O)n[nH]1. The van der Waals surface area contributed by atoms with Crippen LogP contribution in [0, 0.1) is 26.7 Å². The molecule has 1 saturated heterocycles. The van der Waals surface area contributed by atoms with Crippen LogP contribution in [-0.4, -0.2) is 48.9 Å². The largest absolute Gasteiger partial charge is 0.391 e. The van der Waals surface area contributed by atoms with Gasteiger partial charge >= 0.3 is 0 Å². The number of aryl methyl sites for hydroxylation is 2. The number of aromatic nitrogens is 4. The number of likely N-dealkylation sites (tertiary alicyclic amines) is 1. The molecule has 1 aliphatic rings. The number of nitrogens with zero attached hydrogens (tertiary/aromatic N) is 4. The van der Waals surface area contributed by atoms with Crippen LogP contribution < -0.4 is 0 Å². The molecule has 0 bridgehead atoms. The number of nitrogens with one attached hydrogen (secondary N) is 1. The van der Waals surface area contributed by atoms with Gasteiger partial charge in [-0.2, -0.15) is 5.10 Å². The number of rotatable bonds is 4. The predicted octanol–water partition coefficient (Wildman–Crippen LogP) is 1.10. The van der Waals surface area contributed by atoms with Gasteiger partial charge in [0.1, 0.15) is 5.82 Å². The van der Waals surface area contributed by atoms with Crippen LogP contribution in [0.15, 0.2) is 6.07 Å². The second kappa shape index (κ2) is 5.85. The van der Waals surface area contributed by atoms with E-state index in [1.807, 2.05) is 13.8 Å². The summed E-state index contributed by atoms with van der Waals surface area (Å²) in [6, 6.07) is 2.06. The lowest BCUT2D eigenvalue weighted by Crippen LogP contribution is -2.23. The van der Waals surface area contributed by atoms with Gasteiger partial charge in [-0.15, -0.1) is 0 Å². The second-order valence-corrected chi connectivity index (χ2v) is 6.53. The number of aliphatic hydroxyl groups is 1. The third-order valence-electron chi connectivity index (χ3n) is 4.79. The molecule has 0 spiro atoms. The number of aromatic amines is 1. The molecule has 3 heterocycles. The van der Waals surface area contributed by atoms with Gasteiger partial charge in [-0.25, -0.2) is 4.98 Å². The van der Waals surface area contributed by atoms with Gasteiger partial charge in [-0.05, 0) is 33.3 Å². The molecule has 6 nitrogen and oxygen atoms in total. The number of hydrogen-bond donors (Lipinski definition) is 2. The quantitative estimate of drug-likeness (QED) is 0.887. The zero-order chi connectivity index (χ0) is 15.9. The normalized spacial score (nSPS) is 22.6. The van der Waals surface area contributed by atoms with Crippen molar-refractivity contribution in [3.8, 4) is 0 Å². The van der Waals surface area contributed by atoms with Crippen molar-refractivity contribution < 1.29 is 5.11 Å². The zero-order valence-corrected chi connectivity index (χ0v) is 13.8. The molecule has 1 aliphatic heterocycles. The van der Waals surface area contributed by atoms with Crippen LogP contribution in [0.5, 0.6) is 0 Å². The highest BCUT2D eigenvalue weighted by atomic mass is 16.3. The Balaban J connectivity index is 1.64. The van der Waals surface area contributed by atoms with Gasteiger partial charge in [0.05, 0.1) is 24.0 Å². The van der Waals surface area contributed by atoms with E-state index in [2.05, 4.69) is 44.7 Å². The molecular formula is C16H25N5O. The van der Waals surface area contributed by atoms with Crippen LogP contribution in [0.4, 0.5) is 0 Å². The minimum absolute atomic E-state index is 0.241. The van der Waals surface area contributed by atoms with Crippen molar-refractivity contribution in [1.82, 2.24) is 24.6 Å². The Labute approximate surface area is 131 Å². The van der Waals surface area contributed by atoms with Crippen molar-refractivity contribution in [2.75, 3.05) is 13.1 Å². The molecule has 0 aromatic carbocycles. The summed E-state index contributed by atoms with van der Waals surface area (Å²) in [5.41, 5.74) is 4.39. The molecule has 3 rings (SSSR count). The van der Waals surface area contributed by atoms with Crippen molar-refractivity contribution >= 4 is 0 Å². The first kappa shape index (κ1) is 15.2. The van der Waals surface area contributed by atoms with Crippen LogP contribution >= 0.6 is 0 Å². The van der Waals surface area contributed by atoms with E-state index in [0.717, 1.165) is 42.4 Å². The van der Waals surface area contributed by atoms with Gasteiger partial charge in [-0.3, -0.25) is 10.00 Å². The monoisotopic (exact) mass is 303 g/mol. The van der Waals surface area contributed by atoms with E-state index in [-0.39, 0.29) is 12.0 Å². The highest BCUT2D eigenvalue weighted by Crippen LogP contribution is 2.23. The first-order valence-corrected chi connectivity index (χ1v) is 7.84. The van der Waals surface area contributed by atoms with Crippen LogP contribution in [0.2, 0.25) is 0 Å². The fourth-order valence-corrected chi connectivity index (χ4v) is 3.25. The number of imidazole rings is 1. The van der Waals surface area contributed by atoms with E-state index in [9.17, 15) is 5.11 Å². The van der Waals surface area contributed by atoms with Crippen molar-refractivity contribution in [2.45, 2.75) is 39.8 Å². The summed E-state index contributed by atoms with van der Waals surface area (Å²) in [6.45, 7) is 8.52. The first-order valence-electron chi connectivity index (χ1n) is 7.84. The maximum atomic E-state index is 10.3. The van der Waals surface area contributed by atoms with Crippen LogP contribution in [0.1, 0.15) is 28.6 Å². The number of aliphatic hydroxyl groups excluding tert-OH is 1. The lowest BCUT2D eigenvalue weighted by Gasteiger charge is -2.15. The maximum absolute atomic E-state index is 10.3. The highest BCUT2D eigenvalue weighted by molar-refractivity contribution is 5.14. The summed E-state index contributed by atoms with van der Waals surface area (Å²) >= 11 is 0. The fraction of sp³-hybridized carbons (Fsp3) is 0.625. The lowest BCUT2D eigenvalue weighted by molar-refractivity contribution is 0.140. The highest BCUT2D eigenvalue weighted by Gasteiger charge is 2.32. The van der Waals surface area contributed by atoms with Crippen molar-refractivity contribution in [3.05, 3.63) is 34.7 Å². The summed E-state index contributed by atoms with van der Waals surface area (Å²) in [5.74, 6) is 1.31. The molecule has 22 heavy (non-hydrogen) atoms. The maximum Gasteiger partial charge on any atom is 0.123 e. The number of hydrogen-bond acceptors (Lipinski definition) is 4. The molecule has 2 aromatic heterocycles. The molecule has 0 amide bonds. The van der Waals surface area contributed by atoms with Gasteiger partial charge in [0, 0.05) is 37.4 Å². The molecular weight excluding hydrogens is 278 g/mol. The van der Waals surface area contributed by atoms with Crippen LogP contribution in [-0.2, 0) is 20.0 Å². The van der Waals surface area contributed by atoms with Gasteiger partial charge in [0.2, 0.25) is 0 Å². The molecule has 0 saturated carbocycles. The Kier molecular flexibility index (Phi) is 4.06. The molecule has 0 unspecified atom stereocenters. The van der Waals surface area contributed by atoms with Crippen molar-refractivity contribution in [2.24, 2.45) is 13.0 Å². The summed E-state index contributed by atoms with van der Waals surface area (Å²) in [5, 5.41) is 17.6. The minimum atomic E-state index is -0.292. The number of H-pyrrole nitrogens is 1. The molecule has 2 N–H and O–H groups in total. The molecule has 0 radical (unpaired) electrons. The standard InChI is InChI=1S/C16H25N5O/c1-10-5-14(19-18-10)6-13-7-21(8-15(13)22)9-16-17-11(2)12(3)20(16)4/h5,13,15,22H,6-9H2,1-4H3,(H,18,19)/t13-,15+/m1/s1. The molecule has 2 atom stereocenters. The summed E-state index contributed by atoms with van der Waals surface area (Å²) in [4.78, 5) is 6.92. The molecule has 120 valence electrons. The first-order chi connectivity index (χ1) is 10.4. The average molecular weight is 303 g/mol. The lowest BCUT2D eigenvalue weighted by atomic mass is 10.0. The van der Waals surface area contributed by atoms with Crippen LogP contribution in [0.25, 0.3) is 0 Å². The Bertz CT molecular complexity index is 660. The van der Waals surface area contributed by atoms with Crippen LogP contribution in [0.3, 0.4) is 0 Å². The van der Waals surface area contributed by atoms with Gasteiger partial charge in [0.25, 0.3) is 0 Å². The van der Waals surface area contributed by atoms with E-state index in [1.54, 1.807) is 0 Å². The number of β-amino-alcohol motifs (C(OH)–C–C–N with tert-alkyl or cyclic N) is 1. The minimum Gasteiger partial charge on any atom is -0.391 e. The fourth-order valence-electron chi connectivity index (χ4n) is 3.25. The van der Waals surface area contributed by atoms with E-state index >= 15 is 0 Å². The van der Waals surface area contributed by atoms with Gasteiger partial charge < -0.3 is 9.67 Å². The van der Waals surface area contributed by atoms with Crippen molar-refractivity contribution in [3.63, 3.8) is 0 Å². The summed E-state index contributed by atoms with van der Waals surface area (Å²) in [7, 11) is 2.06. The Morgan fingerprint density at radius 2 is 2.09 bits per heavy atom. The van der Waals surface area contributed by atoms with Gasteiger partial charge in [0.15, 0.2) is 0 Å². The van der Waals surface area contributed by atoms with E-state index < -0.39 is 0 Å². The Morgan fingerprint density at radius 3 is 2.68 bits per heavy atom. The van der Waals surface area contributed by atoms with E-state index in [4.69, 9.17) is 0 Å². The second-order valence-electron chi connectivity index (χ2n) is 6.53. The molecule has 6 heteroatoms. The Morgan fingerprint density at radius 1 is 1.32 bits per heavy atom. The predicted molar refractivity (Wildman–Crippen MR) is 84.5 cm³/mol. The summed E-state index contributed by atoms with van der Waals surface area (Å²) < 4.78 is 2.14. The smallest absolute Gasteiger partial charge is 0.123 e. The van der Waals surface area contributed by atoms with Crippen molar-refractivity contribution in [1.29, 1.82) is 0 Å². The van der Waals surface area contributed by atoms with E-state index in [1.165, 1.54) is 5.69 Å². The molecule has 2 aromatic rings. The molecule has 0 aliphatic carbocycles. The Hall–Kier alpha value is -1.66. The third-order valence-corrected chi connectivity index (χ3v) is 4.79. The summed E-state index contributed by atoms with van der Waals surface area (Å²) in [6.07, 6.45) is 0.528. The van der Waals surface area contributed by atoms with E-state index in [0.29, 0.717) is 6.54 Å². The third kappa shape index (κ3) is 2.94. The average Bonchev–Trinajstić information content (AvgIpc) is 3.09.